The van der Waals surface area contributed by atoms with Crippen LogP contribution < -0.4 is 0 Å². The first-order chi connectivity index (χ1) is 31.2. The van der Waals surface area contributed by atoms with Crippen molar-refractivity contribution in [2.75, 3.05) is 0 Å². The molecule has 0 aliphatic carbocycles. The van der Waals surface area contributed by atoms with E-state index in [-0.39, 0.29) is 0 Å². The normalized spacial score (nSPS) is 12.1. The van der Waals surface area contributed by atoms with Crippen molar-refractivity contribution in [3.63, 3.8) is 0 Å². The highest BCUT2D eigenvalue weighted by atomic mass is 16.3. The maximum Gasteiger partial charge on any atom is 0.238 e. The van der Waals surface area contributed by atoms with Gasteiger partial charge in [0.15, 0.2) is 11.6 Å². The molecule has 0 saturated carbocycles. The van der Waals surface area contributed by atoms with Crippen LogP contribution >= 0.6 is 0 Å². The van der Waals surface area contributed by atoms with Gasteiger partial charge >= 0.3 is 0 Å². The first kappa shape index (κ1) is 34.1. The predicted molar refractivity (Wildman–Crippen MR) is 258 cm³/mol. The van der Waals surface area contributed by atoms with Crippen molar-refractivity contribution >= 4 is 98.0 Å². The number of furan rings is 2. The maximum atomic E-state index is 6.47. The average Bonchev–Trinajstić information content (AvgIpc) is 4.03. The molecule has 0 spiro atoms. The van der Waals surface area contributed by atoms with Crippen LogP contribution in [0.4, 0.5) is 0 Å². The SMILES string of the molecule is c1ccc2cc(-c3nc(-c4ccc5c(c4)oc4ccccc45)nc(-n4c5c(-c6ccc7oc8ccc9ccccc9c8c7c6)cccc5c5ccc6ccccc6c54)n3)ccc2c1. The van der Waals surface area contributed by atoms with Crippen LogP contribution in [0, 0.1) is 0 Å². The Balaban J connectivity index is 1.09. The lowest BCUT2D eigenvalue weighted by atomic mass is 9.98. The summed E-state index contributed by atoms with van der Waals surface area (Å²) in [4.78, 5) is 16.1. The standard InChI is InChI=1S/C57H32N4O2/c1-2-13-36-30-38(21-20-33(36)10-1)55-58-56(39-23-26-44-43-16-7-8-19-48(43)63-51(44)32-39)60-57(59-55)61-53-41-15-6-4-12-35(41)22-27-46(53)45-18-9-17-42(54(45)61)37-25-28-49-47(31-37)52-40-14-5-3-11-34(40)24-29-50(52)62-49/h1-32H. The van der Waals surface area contributed by atoms with E-state index >= 15 is 0 Å². The van der Waals surface area contributed by atoms with Crippen molar-refractivity contribution in [1.29, 1.82) is 0 Å². The second-order valence-electron chi connectivity index (χ2n) is 16.3. The first-order valence-electron chi connectivity index (χ1n) is 21.2. The molecule has 63 heavy (non-hydrogen) atoms. The number of fused-ring (bicyclic) bond motifs is 14. The van der Waals surface area contributed by atoms with E-state index in [0.717, 1.165) is 109 Å². The molecule has 4 heterocycles. The number of aromatic nitrogens is 4. The molecule has 0 N–H and O–H groups in total. The molecule has 0 atom stereocenters. The zero-order valence-corrected chi connectivity index (χ0v) is 33.6. The molecule has 6 heteroatoms. The number of benzene rings is 10. The van der Waals surface area contributed by atoms with Crippen molar-refractivity contribution in [2.45, 2.75) is 0 Å². The van der Waals surface area contributed by atoms with Crippen molar-refractivity contribution in [3.05, 3.63) is 194 Å². The lowest BCUT2D eigenvalue weighted by Crippen LogP contribution is -2.07. The van der Waals surface area contributed by atoms with Gasteiger partial charge in [0.2, 0.25) is 5.95 Å². The van der Waals surface area contributed by atoms with Crippen LogP contribution in [-0.2, 0) is 0 Å². The van der Waals surface area contributed by atoms with Gasteiger partial charge in [-0.05, 0) is 75.0 Å². The van der Waals surface area contributed by atoms with E-state index in [9.17, 15) is 0 Å². The lowest BCUT2D eigenvalue weighted by molar-refractivity contribution is 0.668. The molecule has 0 radical (unpaired) electrons. The quantitative estimate of drug-likeness (QED) is 0.177. The second-order valence-corrected chi connectivity index (χ2v) is 16.3. The Hall–Kier alpha value is -8.61. The molecule has 0 unspecified atom stereocenters. The van der Waals surface area contributed by atoms with Gasteiger partial charge in [0.25, 0.3) is 0 Å². The smallest absolute Gasteiger partial charge is 0.238 e. The summed E-state index contributed by atoms with van der Waals surface area (Å²) in [5, 5.41) is 13.4. The molecule has 10 aromatic carbocycles. The third kappa shape index (κ3) is 5.09. The summed E-state index contributed by atoms with van der Waals surface area (Å²) in [6, 6.07) is 68.1. The van der Waals surface area contributed by atoms with E-state index < -0.39 is 0 Å². The molecule has 14 aromatic rings. The van der Waals surface area contributed by atoms with Gasteiger partial charge in [0.05, 0.1) is 11.0 Å². The van der Waals surface area contributed by atoms with E-state index in [1.165, 1.54) is 10.8 Å². The Morgan fingerprint density at radius 2 is 0.889 bits per heavy atom. The van der Waals surface area contributed by atoms with E-state index in [0.29, 0.717) is 17.6 Å². The maximum absolute atomic E-state index is 6.47. The molecule has 0 bridgehead atoms. The van der Waals surface area contributed by atoms with Crippen molar-refractivity contribution in [2.24, 2.45) is 0 Å². The summed E-state index contributed by atoms with van der Waals surface area (Å²) in [5.74, 6) is 1.66. The van der Waals surface area contributed by atoms with Gasteiger partial charge in [-0.1, -0.05) is 152 Å². The fraction of sp³-hybridized carbons (Fsp3) is 0. The van der Waals surface area contributed by atoms with E-state index in [2.05, 4.69) is 180 Å². The Bertz CT molecular complexity index is 4230. The fourth-order valence-corrected chi connectivity index (χ4v) is 9.89. The third-order valence-corrected chi connectivity index (χ3v) is 12.8. The molecule has 4 aromatic heterocycles. The van der Waals surface area contributed by atoms with Crippen LogP contribution in [0.3, 0.4) is 0 Å². The monoisotopic (exact) mass is 804 g/mol. The van der Waals surface area contributed by atoms with Gasteiger partial charge in [-0.25, -0.2) is 4.98 Å². The Kier molecular flexibility index (Phi) is 7.02. The summed E-state index contributed by atoms with van der Waals surface area (Å²) in [7, 11) is 0. The Labute approximate surface area is 358 Å². The van der Waals surface area contributed by atoms with Crippen LogP contribution in [0.25, 0.3) is 138 Å². The number of rotatable bonds is 4. The molecular weight excluding hydrogens is 773 g/mol. The number of hydrogen-bond acceptors (Lipinski definition) is 5. The molecule has 0 aliphatic rings. The van der Waals surface area contributed by atoms with Gasteiger partial charge in [0.1, 0.15) is 22.3 Å². The summed E-state index contributed by atoms with van der Waals surface area (Å²) >= 11 is 0. The first-order valence-corrected chi connectivity index (χ1v) is 21.2. The largest absolute Gasteiger partial charge is 0.456 e. The fourth-order valence-electron chi connectivity index (χ4n) is 9.89. The molecule has 0 fully saturated rings. The molecule has 14 rings (SSSR count). The number of para-hydroxylation sites is 2. The van der Waals surface area contributed by atoms with Gasteiger partial charge in [-0.15, -0.1) is 0 Å². The van der Waals surface area contributed by atoms with E-state index in [1.807, 2.05) is 18.2 Å². The van der Waals surface area contributed by atoms with Gasteiger partial charge < -0.3 is 8.83 Å². The minimum Gasteiger partial charge on any atom is -0.456 e. The highest BCUT2D eigenvalue weighted by molar-refractivity contribution is 6.22. The third-order valence-electron chi connectivity index (χ3n) is 12.8. The predicted octanol–water partition coefficient (Wildman–Crippen LogP) is 15.2. The van der Waals surface area contributed by atoms with Gasteiger partial charge in [0, 0.05) is 54.4 Å². The van der Waals surface area contributed by atoms with Gasteiger partial charge in [-0.2, -0.15) is 9.97 Å². The second kappa shape index (κ2) is 12.9. The van der Waals surface area contributed by atoms with Crippen LogP contribution in [0.2, 0.25) is 0 Å². The average molecular weight is 805 g/mol. The van der Waals surface area contributed by atoms with Crippen molar-refractivity contribution in [1.82, 2.24) is 19.5 Å². The molecule has 0 amide bonds. The van der Waals surface area contributed by atoms with Crippen LogP contribution in [0.15, 0.2) is 203 Å². The van der Waals surface area contributed by atoms with E-state index in [1.54, 1.807) is 0 Å². The molecule has 292 valence electrons. The number of hydrogen-bond donors (Lipinski definition) is 0. The summed E-state index contributed by atoms with van der Waals surface area (Å²) in [6.45, 7) is 0. The minimum absolute atomic E-state index is 0.525. The summed E-state index contributed by atoms with van der Waals surface area (Å²) < 4.78 is 15.1. The van der Waals surface area contributed by atoms with E-state index in [4.69, 9.17) is 23.8 Å². The minimum atomic E-state index is 0.525. The molecular formula is C57H32N4O2. The molecule has 0 aliphatic heterocycles. The van der Waals surface area contributed by atoms with Crippen LogP contribution in [0.1, 0.15) is 0 Å². The topological polar surface area (TPSA) is 69.9 Å². The number of nitrogens with zero attached hydrogens (tertiary/aromatic N) is 4. The summed E-state index contributed by atoms with van der Waals surface area (Å²) in [6.07, 6.45) is 0. The van der Waals surface area contributed by atoms with Crippen molar-refractivity contribution in [3.8, 4) is 39.9 Å². The van der Waals surface area contributed by atoms with Crippen LogP contribution in [0.5, 0.6) is 0 Å². The lowest BCUT2D eigenvalue weighted by Gasteiger charge is -2.14. The zero-order chi connectivity index (χ0) is 41.2. The van der Waals surface area contributed by atoms with Gasteiger partial charge in [-0.3, -0.25) is 4.57 Å². The summed E-state index contributed by atoms with van der Waals surface area (Å²) in [5.41, 5.74) is 9.26. The Morgan fingerprint density at radius 1 is 0.317 bits per heavy atom. The molecule has 6 nitrogen and oxygen atoms in total. The molecule has 0 saturated heterocycles. The highest BCUT2D eigenvalue weighted by Gasteiger charge is 2.23. The Morgan fingerprint density at radius 3 is 1.76 bits per heavy atom. The zero-order valence-electron chi connectivity index (χ0n) is 33.6. The van der Waals surface area contributed by atoms with Crippen LogP contribution in [-0.4, -0.2) is 19.5 Å². The van der Waals surface area contributed by atoms with Crippen molar-refractivity contribution < 1.29 is 8.83 Å². The highest BCUT2D eigenvalue weighted by Crippen LogP contribution is 2.43.